The average Bonchev–Trinajstić information content (AvgIpc) is 2.84. The zero-order chi connectivity index (χ0) is 21.7. The van der Waals surface area contributed by atoms with Gasteiger partial charge in [0.1, 0.15) is 0 Å². The lowest BCUT2D eigenvalue weighted by atomic mass is 9.71. The SMILES string of the molecule is CC(=O)N1CCC(C(=O)NCC2(N3CCCCC3)CCCCC2)(c2ccccc2)CC1. The van der Waals surface area contributed by atoms with Crippen LogP contribution < -0.4 is 5.32 Å². The summed E-state index contributed by atoms with van der Waals surface area (Å²) in [6.45, 7) is 6.03. The monoisotopic (exact) mass is 425 g/mol. The molecule has 2 heterocycles. The van der Waals surface area contributed by atoms with Crippen molar-refractivity contribution in [1.82, 2.24) is 15.1 Å². The molecule has 31 heavy (non-hydrogen) atoms. The van der Waals surface area contributed by atoms with Gasteiger partial charge in [-0.2, -0.15) is 0 Å². The number of hydrogen-bond acceptors (Lipinski definition) is 3. The Bertz CT molecular complexity index is 743. The fourth-order valence-electron chi connectivity index (χ4n) is 6.20. The minimum atomic E-state index is -0.537. The fourth-order valence-corrected chi connectivity index (χ4v) is 6.20. The lowest BCUT2D eigenvalue weighted by Gasteiger charge is -2.49. The zero-order valence-electron chi connectivity index (χ0n) is 19.2. The smallest absolute Gasteiger partial charge is 0.230 e. The molecule has 1 N–H and O–H groups in total. The van der Waals surface area contributed by atoms with Gasteiger partial charge in [-0.1, -0.05) is 56.0 Å². The Morgan fingerprint density at radius 3 is 2.06 bits per heavy atom. The van der Waals surface area contributed by atoms with Crippen LogP contribution in [0.25, 0.3) is 0 Å². The maximum atomic E-state index is 13.8. The first kappa shape index (κ1) is 22.3. The topological polar surface area (TPSA) is 52.7 Å². The molecule has 4 rings (SSSR count). The van der Waals surface area contributed by atoms with Crippen LogP contribution in [0.1, 0.15) is 76.7 Å². The molecule has 0 aromatic heterocycles. The molecule has 1 aromatic carbocycles. The van der Waals surface area contributed by atoms with Crippen molar-refractivity contribution in [3.8, 4) is 0 Å². The van der Waals surface area contributed by atoms with Gasteiger partial charge in [-0.05, 0) is 57.2 Å². The first-order valence-electron chi connectivity index (χ1n) is 12.4. The minimum absolute atomic E-state index is 0.105. The summed E-state index contributed by atoms with van der Waals surface area (Å²) in [4.78, 5) is 30.3. The molecule has 0 bridgehead atoms. The van der Waals surface area contributed by atoms with Gasteiger partial charge in [0.05, 0.1) is 5.41 Å². The number of carbonyl (C=O) groups is 2. The maximum absolute atomic E-state index is 13.8. The highest BCUT2D eigenvalue weighted by Gasteiger charge is 2.45. The van der Waals surface area contributed by atoms with E-state index in [0.29, 0.717) is 25.9 Å². The molecule has 1 aromatic rings. The number of piperidine rings is 2. The van der Waals surface area contributed by atoms with Crippen molar-refractivity contribution >= 4 is 11.8 Å². The summed E-state index contributed by atoms with van der Waals surface area (Å²) in [5.41, 5.74) is 0.684. The summed E-state index contributed by atoms with van der Waals surface area (Å²) in [6, 6.07) is 10.2. The van der Waals surface area contributed by atoms with Crippen LogP contribution in [0.2, 0.25) is 0 Å². The summed E-state index contributed by atoms with van der Waals surface area (Å²) in [7, 11) is 0. The summed E-state index contributed by atoms with van der Waals surface area (Å²) in [5.74, 6) is 0.261. The lowest BCUT2D eigenvalue weighted by molar-refractivity contribution is -0.135. The standard InChI is InChI=1S/C26H39N3O2/c1-22(30)28-19-15-26(16-20-28,23-11-5-2-6-12-23)24(31)27-21-25(13-7-3-8-14-25)29-17-9-4-10-18-29/h2,5-6,11-12H,3-4,7-10,13-21H2,1H3,(H,27,31). The van der Waals surface area contributed by atoms with E-state index in [1.165, 1.54) is 64.5 Å². The molecule has 5 heteroatoms. The van der Waals surface area contributed by atoms with E-state index in [0.717, 1.165) is 12.1 Å². The molecule has 170 valence electrons. The second-order valence-electron chi connectivity index (χ2n) is 9.97. The third-order valence-electron chi connectivity index (χ3n) is 8.21. The third-order valence-corrected chi connectivity index (χ3v) is 8.21. The molecule has 0 spiro atoms. The summed E-state index contributed by atoms with van der Waals surface area (Å²) in [6.07, 6.45) is 11.5. The predicted octanol–water partition coefficient (Wildman–Crippen LogP) is 3.87. The highest BCUT2D eigenvalue weighted by atomic mass is 16.2. The molecule has 3 fully saturated rings. The number of hydrogen-bond donors (Lipinski definition) is 1. The van der Waals surface area contributed by atoms with Crippen molar-refractivity contribution < 1.29 is 9.59 Å². The van der Waals surface area contributed by atoms with Gasteiger partial charge in [-0.25, -0.2) is 0 Å². The van der Waals surface area contributed by atoms with Crippen LogP contribution in [0.3, 0.4) is 0 Å². The van der Waals surface area contributed by atoms with Crippen molar-refractivity contribution in [2.24, 2.45) is 0 Å². The van der Waals surface area contributed by atoms with Crippen molar-refractivity contribution in [2.75, 3.05) is 32.7 Å². The summed E-state index contributed by atoms with van der Waals surface area (Å²) < 4.78 is 0. The number of nitrogens with zero attached hydrogens (tertiary/aromatic N) is 2. The first-order chi connectivity index (χ1) is 15.1. The Morgan fingerprint density at radius 2 is 1.45 bits per heavy atom. The normalized spacial score (nSPS) is 23.8. The van der Waals surface area contributed by atoms with Gasteiger partial charge in [-0.15, -0.1) is 0 Å². The van der Waals surface area contributed by atoms with Crippen LogP contribution in [-0.4, -0.2) is 59.9 Å². The van der Waals surface area contributed by atoms with Crippen LogP contribution in [-0.2, 0) is 15.0 Å². The summed E-state index contributed by atoms with van der Waals surface area (Å²) >= 11 is 0. The van der Waals surface area contributed by atoms with Crippen LogP contribution in [0, 0.1) is 0 Å². The molecule has 2 amide bonds. The van der Waals surface area contributed by atoms with E-state index in [1.54, 1.807) is 6.92 Å². The molecule has 2 saturated heterocycles. The number of benzene rings is 1. The Kier molecular flexibility index (Phi) is 7.00. The van der Waals surface area contributed by atoms with E-state index in [9.17, 15) is 9.59 Å². The predicted molar refractivity (Wildman–Crippen MR) is 124 cm³/mol. The van der Waals surface area contributed by atoms with Gasteiger partial charge >= 0.3 is 0 Å². The lowest BCUT2D eigenvalue weighted by Crippen LogP contribution is -2.60. The maximum Gasteiger partial charge on any atom is 0.230 e. The van der Waals surface area contributed by atoms with E-state index in [2.05, 4.69) is 22.3 Å². The van der Waals surface area contributed by atoms with Gasteiger partial charge in [0.2, 0.25) is 11.8 Å². The Labute approximate surface area is 187 Å². The number of nitrogens with one attached hydrogen (secondary N) is 1. The highest BCUT2D eigenvalue weighted by molar-refractivity contribution is 5.89. The van der Waals surface area contributed by atoms with Gasteiger partial charge < -0.3 is 10.2 Å². The molecule has 0 atom stereocenters. The van der Waals surface area contributed by atoms with Crippen molar-refractivity contribution in [3.63, 3.8) is 0 Å². The highest BCUT2D eigenvalue weighted by Crippen LogP contribution is 2.38. The Hall–Kier alpha value is -1.88. The molecule has 2 aliphatic heterocycles. The number of carbonyl (C=O) groups excluding carboxylic acids is 2. The van der Waals surface area contributed by atoms with E-state index in [-0.39, 0.29) is 17.4 Å². The Morgan fingerprint density at radius 1 is 0.839 bits per heavy atom. The first-order valence-corrected chi connectivity index (χ1v) is 12.4. The van der Waals surface area contributed by atoms with Crippen molar-refractivity contribution in [2.45, 2.75) is 82.1 Å². The Balaban J connectivity index is 1.52. The fraction of sp³-hybridized carbons (Fsp3) is 0.692. The van der Waals surface area contributed by atoms with Crippen LogP contribution in [0.5, 0.6) is 0 Å². The number of amides is 2. The van der Waals surface area contributed by atoms with Gasteiger partial charge in [0.25, 0.3) is 0 Å². The van der Waals surface area contributed by atoms with Crippen LogP contribution in [0.4, 0.5) is 0 Å². The van der Waals surface area contributed by atoms with Gasteiger partial charge in [-0.3, -0.25) is 14.5 Å². The van der Waals surface area contributed by atoms with E-state index in [1.807, 2.05) is 23.1 Å². The molecule has 0 unspecified atom stereocenters. The average molecular weight is 426 g/mol. The molecule has 1 saturated carbocycles. The molecule has 3 aliphatic rings. The quantitative estimate of drug-likeness (QED) is 0.779. The molecule has 0 radical (unpaired) electrons. The molecule has 1 aliphatic carbocycles. The number of likely N-dealkylation sites (tertiary alicyclic amines) is 2. The molecule has 5 nitrogen and oxygen atoms in total. The van der Waals surface area contributed by atoms with E-state index in [4.69, 9.17) is 0 Å². The number of rotatable bonds is 5. The van der Waals surface area contributed by atoms with E-state index < -0.39 is 5.41 Å². The molecular weight excluding hydrogens is 386 g/mol. The van der Waals surface area contributed by atoms with Crippen molar-refractivity contribution in [1.29, 1.82) is 0 Å². The van der Waals surface area contributed by atoms with Crippen molar-refractivity contribution in [3.05, 3.63) is 35.9 Å². The van der Waals surface area contributed by atoms with Gasteiger partial charge in [0, 0.05) is 32.1 Å². The van der Waals surface area contributed by atoms with Crippen LogP contribution >= 0.6 is 0 Å². The van der Waals surface area contributed by atoms with E-state index >= 15 is 0 Å². The second kappa shape index (κ2) is 9.72. The molecular formula is C26H39N3O2. The second-order valence-corrected chi connectivity index (χ2v) is 9.97. The van der Waals surface area contributed by atoms with Crippen LogP contribution in [0.15, 0.2) is 30.3 Å². The minimum Gasteiger partial charge on any atom is -0.353 e. The largest absolute Gasteiger partial charge is 0.353 e. The zero-order valence-corrected chi connectivity index (χ0v) is 19.2. The third kappa shape index (κ3) is 4.67. The van der Waals surface area contributed by atoms with Gasteiger partial charge in [0.15, 0.2) is 0 Å². The summed E-state index contributed by atoms with van der Waals surface area (Å²) in [5, 5.41) is 3.46.